The average Bonchev–Trinajstić information content (AvgIpc) is 2.26. The van der Waals surface area contributed by atoms with E-state index in [-0.39, 0.29) is 10.6 Å². The molecule has 2 rings (SSSR count). The Morgan fingerprint density at radius 2 is 2.44 bits per heavy atom. The van der Waals surface area contributed by atoms with Gasteiger partial charge in [0.25, 0.3) is 5.56 Å². The molecule has 16 heavy (non-hydrogen) atoms. The lowest BCUT2D eigenvalue weighted by atomic mass is 10.0. The highest BCUT2D eigenvalue weighted by molar-refractivity contribution is 9.09. The highest BCUT2D eigenvalue weighted by atomic mass is 79.9. The van der Waals surface area contributed by atoms with E-state index in [1.807, 2.05) is 0 Å². The summed E-state index contributed by atoms with van der Waals surface area (Å²) in [5.74, 6) is 1.11. The van der Waals surface area contributed by atoms with Gasteiger partial charge in [-0.3, -0.25) is 4.79 Å². The van der Waals surface area contributed by atoms with Crippen LogP contribution in [0.3, 0.4) is 0 Å². The summed E-state index contributed by atoms with van der Waals surface area (Å²) in [4.78, 5) is 20.6. The maximum atomic E-state index is 11.4. The standard InChI is InChI=1S/C10H13BrClN3O/c1-6-4-15(3-2-7(6)11)9-8(12)10(16)14-5-13-9/h5-7H,2-4H2,1H3,(H,13,14,16). The maximum Gasteiger partial charge on any atom is 0.271 e. The molecule has 0 aromatic carbocycles. The third-order valence-electron chi connectivity index (χ3n) is 2.88. The predicted molar refractivity (Wildman–Crippen MR) is 68.6 cm³/mol. The Morgan fingerprint density at radius 1 is 1.69 bits per heavy atom. The fourth-order valence-electron chi connectivity index (χ4n) is 1.90. The molecule has 1 aromatic rings. The number of aromatic amines is 1. The van der Waals surface area contributed by atoms with Gasteiger partial charge in [0.15, 0.2) is 5.82 Å². The Balaban J connectivity index is 2.25. The molecule has 1 fully saturated rings. The number of nitrogens with one attached hydrogen (secondary N) is 1. The number of H-pyrrole nitrogens is 1. The number of hydrogen-bond donors (Lipinski definition) is 1. The molecular weight excluding hydrogens is 293 g/mol. The molecule has 1 N–H and O–H groups in total. The highest BCUT2D eigenvalue weighted by Crippen LogP contribution is 2.28. The Kier molecular flexibility index (Phi) is 3.54. The van der Waals surface area contributed by atoms with Crippen molar-refractivity contribution in [2.24, 2.45) is 5.92 Å². The number of halogens is 2. The minimum Gasteiger partial charge on any atom is -0.355 e. The van der Waals surface area contributed by atoms with Gasteiger partial charge in [-0.2, -0.15) is 0 Å². The Morgan fingerprint density at radius 3 is 3.12 bits per heavy atom. The second-order valence-electron chi connectivity index (χ2n) is 4.10. The van der Waals surface area contributed by atoms with Crippen LogP contribution < -0.4 is 10.5 Å². The summed E-state index contributed by atoms with van der Waals surface area (Å²) in [6.45, 7) is 3.91. The second kappa shape index (κ2) is 4.75. The average molecular weight is 307 g/mol. The van der Waals surface area contributed by atoms with Crippen LogP contribution in [0.15, 0.2) is 11.1 Å². The lowest BCUT2D eigenvalue weighted by Crippen LogP contribution is -2.40. The molecule has 4 nitrogen and oxygen atoms in total. The minimum absolute atomic E-state index is 0.183. The number of anilines is 1. The summed E-state index contributed by atoms with van der Waals surface area (Å²) in [6.07, 6.45) is 2.43. The van der Waals surface area contributed by atoms with Crippen LogP contribution in [0.25, 0.3) is 0 Å². The summed E-state index contributed by atoms with van der Waals surface area (Å²) in [5, 5.41) is 0.183. The van der Waals surface area contributed by atoms with Crippen LogP contribution in [0.5, 0.6) is 0 Å². The summed E-state index contributed by atoms with van der Waals surface area (Å²) >= 11 is 9.59. The highest BCUT2D eigenvalue weighted by Gasteiger charge is 2.26. The zero-order chi connectivity index (χ0) is 11.7. The van der Waals surface area contributed by atoms with E-state index >= 15 is 0 Å². The van der Waals surface area contributed by atoms with Gasteiger partial charge in [0.2, 0.25) is 0 Å². The van der Waals surface area contributed by atoms with Crippen LogP contribution in [-0.2, 0) is 0 Å². The van der Waals surface area contributed by atoms with E-state index in [2.05, 4.69) is 37.7 Å². The first-order valence-corrected chi connectivity index (χ1v) is 6.51. The lowest BCUT2D eigenvalue weighted by molar-refractivity contribution is 0.463. The molecule has 6 heteroatoms. The minimum atomic E-state index is -0.278. The molecule has 0 aliphatic carbocycles. The number of nitrogens with zero attached hydrogens (tertiary/aromatic N) is 2. The van der Waals surface area contributed by atoms with E-state index in [4.69, 9.17) is 11.6 Å². The van der Waals surface area contributed by atoms with Crippen molar-refractivity contribution in [2.45, 2.75) is 18.2 Å². The largest absolute Gasteiger partial charge is 0.355 e. The molecule has 0 saturated carbocycles. The molecule has 0 radical (unpaired) electrons. The van der Waals surface area contributed by atoms with E-state index in [9.17, 15) is 4.79 Å². The van der Waals surface area contributed by atoms with Crippen LogP contribution in [0.2, 0.25) is 5.02 Å². The SMILES string of the molecule is CC1CN(c2nc[nH]c(=O)c2Cl)CCC1Br. The van der Waals surface area contributed by atoms with Gasteiger partial charge in [-0.25, -0.2) is 4.98 Å². The van der Waals surface area contributed by atoms with E-state index < -0.39 is 0 Å². The molecular formula is C10H13BrClN3O. The Hall–Kier alpha value is -0.550. The summed E-state index contributed by atoms with van der Waals surface area (Å²) < 4.78 is 0. The van der Waals surface area contributed by atoms with Crippen molar-refractivity contribution in [3.63, 3.8) is 0 Å². The topological polar surface area (TPSA) is 49.0 Å². The van der Waals surface area contributed by atoms with Crippen molar-refractivity contribution in [1.82, 2.24) is 9.97 Å². The first-order chi connectivity index (χ1) is 7.59. The molecule has 2 unspecified atom stereocenters. The van der Waals surface area contributed by atoms with Crippen LogP contribution in [0.4, 0.5) is 5.82 Å². The first kappa shape index (κ1) is 11.9. The Labute approximate surface area is 107 Å². The van der Waals surface area contributed by atoms with E-state index in [1.165, 1.54) is 6.33 Å². The van der Waals surface area contributed by atoms with Crippen molar-refractivity contribution < 1.29 is 0 Å². The van der Waals surface area contributed by atoms with Gasteiger partial charge < -0.3 is 9.88 Å². The molecule has 1 saturated heterocycles. The fraction of sp³-hybridized carbons (Fsp3) is 0.600. The third kappa shape index (κ3) is 2.25. The molecule has 0 spiro atoms. The normalized spacial score (nSPS) is 25.8. The first-order valence-electron chi connectivity index (χ1n) is 5.22. The van der Waals surface area contributed by atoms with Crippen molar-refractivity contribution in [3.8, 4) is 0 Å². The number of rotatable bonds is 1. The Bertz CT molecular complexity index is 436. The van der Waals surface area contributed by atoms with Crippen LogP contribution in [0.1, 0.15) is 13.3 Å². The monoisotopic (exact) mass is 305 g/mol. The predicted octanol–water partition coefficient (Wildman–Crippen LogP) is 2.03. The van der Waals surface area contributed by atoms with E-state index in [0.717, 1.165) is 19.5 Å². The van der Waals surface area contributed by atoms with Gasteiger partial charge in [0.05, 0.1) is 6.33 Å². The lowest BCUT2D eigenvalue weighted by Gasteiger charge is -2.35. The molecule has 2 atom stereocenters. The molecule has 0 bridgehead atoms. The number of piperidine rings is 1. The van der Waals surface area contributed by atoms with Gasteiger partial charge in [-0.15, -0.1) is 0 Å². The quantitative estimate of drug-likeness (QED) is 0.808. The van der Waals surface area contributed by atoms with E-state index in [0.29, 0.717) is 16.6 Å². The third-order valence-corrected chi connectivity index (χ3v) is 4.58. The van der Waals surface area contributed by atoms with Crippen molar-refractivity contribution in [1.29, 1.82) is 0 Å². The number of alkyl halides is 1. The van der Waals surface area contributed by atoms with Crippen molar-refractivity contribution in [2.75, 3.05) is 18.0 Å². The van der Waals surface area contributed by atoms with Gasteiger partial charge in [0.1, 0.15) is 5.02 Å². The molecule has 2 heterocycles. The molecule has 1 aromatic heterocycles. The van der Waals surface area contributed by atoms with Crippen molar-refractivity contribution in [3.05, 3.63) is 21.7 Å². The fourth-order valence-corrected chi connectivity index (χ4v) is 2.50. The van der Waals surface area contributed by atoms with E-state index in [1.54, 1.807) is 0 Å². The van der Waals surface area contributed by atoms with Crippen molar-refractivity contribution >= 4 is 33.3 Å². The van der Waals surface area contributed by atoms with Gasteiger partial charge in [-0.05, 0) is 12.3 Å². The van der Waals surface area contributed by atoms with Crippen LogP contribution >= 0.6 is 27.5 Å². The molecule has 88 valence electrons. The maximum absolute atomic E-state index is 11.4. The molecule has 1 aliphatic rings. The second-order valence-corrected chi connectivity index (χ2v) is 5.65. The number of aromatic nitrogens is 2. The van der Waals surface area contributed by atoms with Gasteiger partial charge in [0, 0.05) is 17.9 Å². The zero-order valence-electron chi connectivity index (χ0n) is 8.91. The van der Waals surface area contributed by atoms with Crippen LogP contribution in [-0.4, -0.2) is 27.9 Å². The van der Waals surface area contributed by atoms with Gasteiger partial charge in [-0.1, -0.05) is 34.5 Å². The molecule has 0 amide bonds. The van der Waals surface area contributed by atoms with Gasteiger partial charge >= 0.3 is 0 Å². The molecule has 1 aliphatic heterocycles. The zero-order valence-corrected chi connectivity index (χ0v) is 11.3. The summed E-state index contributed by atoms with van der Waals surface area (Å²) in [6, 6.07) is 0. The van der Waals surface area contributed by atoms with Crippen LogP contribution in [0, 0.1) is 5.92 Å². The number of hydrogen-bond acceptors (Lipinski definition) is 3. The smallest absolute Gasteiger partial charge is 0.271 e. The summed E-state index contributed by atoms with van der Waals surface area (Å²) in [7, 11) is 0. The summed E-state index contributed by atoms with van der Waals surface area (Å²) in [5.41, 5.74) is -0.278.